The van der Waals surface area contributed by atoms with Gasteiger partial charge in [-0.05, 0) is 35.4 Å². The molecule has 5 rings (SSSR count). The van der Waals surface area contributed by atoms with E-state index >= 15 is 0 Å². The lowest BCUT2D eigenvalue weighted by molar-refractivity contribution is 0.0535. The van der Waals surface area contributed by atoms with Crippen molar-refractivity contribution in [3.63, 3.8) is 0 Å². The van der Waals surface area contributed by atoms with Gasteiger partial charge in [-0.3, -0.25) is 9.78 Å². The SMILES string of the molecule is CC1(C)c2cc(OC[C@@H](O)CO)ccc2C(=O)c2c1[nH]c1cc(-c3cncs3)ccc21. The summed E-state index contributed by atoms with van der Waals surface area (Å²) in [5.74, 6) is 0.544. The summed E-state index contributed by atoms with van der Waals surface area (Å²) in [5, 5.41) is 19.5. The van der Waals surface area contributed by atoms with E-state index in [1.807, 2.05) is 29.9 Å². The van der Waals surface area contributed by atoms with Gasteiger partial charge in [0.2, 0.25) is 0 Å². The van der Waals surface area contributed by atoms with Crippen LogP contribution in [-0.2, 0) is 5.41 Å². The lowest BCUT2D eigenvalue weighted by Gasteiger charge is -2.32. The number of H-pyrrole nitrogens is 1. The highest BCUT2D eigenvalue weighted by molar-refractivity contribution is 7.13. The molecule has 2 aromatic carbocycles. The summed E-state index contributed by atoms with van der Waals surface area (Å²) >= 11 is 1.58. The normalized spacial score (nSPS) is 15.5. The summed E-state index contributed by atoms with van der Waals surface area (Å²) in [6.07, 6.45) is 0.897. The van der Waals surface area contributed by atoms with Crippen LogP contribution in [0.2, 0.25) is 0 Å². The number of hydrogen-bond acceptors (Lipinski definition) is 6. The highest BCUT2D eigenvalue weighted by Gasteiger charge is 2.39. The number of aliphatic hydroxyl groups excluding tert-OH is 2. The molecule has 4 aromatic rings. The number of ketones is 1. The zero-order valence-corrected chi connectivity index (χ0v) is 18.0. The lowest BCUT2D eigenvalue weighted by atomic mass is 9.71. The Labute approximate surface area is 183 Å². The smallest absolute Gasteiger partial charge is 0.195 e. The average Bonchev–Trinajstić information content (AvgIpc) is 3.44. The van der Waals surface area contributed by atoms with Crippen LogP contribution in [0, 0.1) is 0 Å². The molecule has 2 heterocycles. The molecule has 31 heavy (non-hydrogen) atoms. The molecule has 0 saturated heterocycles. The van der Waals surface area contributed by atoms with Crippen molar-refractivity contribution in [1.29, 1.82) is 0 Å². The van der Waals surface area contributed by atoms with E-state index in [2.05, 4.69) is 29.9 Å². The molecule has 0 radical (unpaired) electrons. The van der Waals surface area contributed by atoms with Crippen molar-refractivity contribution in [3.05, 3.63) is 70.5 Å². The molecule has 0 saturated carbocycles. The summed E-state index contributed by atoms with van der Waals surface area (Å²) in [5.41, 5.74) is 6.47. The molecule has 7 heteroatoms. The quantitative estimate of drug-likeness (QED) is 0.443. The molecule has 6 nitrogen and oxygen atoms in total. The van der Waals surface area contributed by atoms with Crippen LogP contribution in [0.1, 0.15) is 41.0 Å². The third-order valence-electron chi connectivity index (χ3n) is 5.93. The van der Waals surface area contributed by atoms with E-state index < -0.39 is 11.5 Å². The number of rotatable bonds is 5. The Balaban J connectivity index is 1.60. The minimum absolute atomic E-state index is 0.0111. The van der Waals surface area contributed by atoms with Crippen molar-refractivity contribution in [2.24, 2.45) is 0 Å². The molecule has 3 N–H and O–H groups in total. The first-order valence-corrected chi connectivity index (χ1v) is 10.9. The van der Waals surface area contributed by atoms with Crippen molar-refractivity contribution in [2.45, 2.75) is 25.4 Å². The molecule has 0 spiro atoms. The van der Waals surface area contributed by atoms with Gasteiger partial charge in [0.05, 0.1) is 22.6 Å². The number of nitrogens with zero attached hydrogens (tertiary/aromatic N) is 1. The maximum absolute atomic E-state index is 13.5. The Morgan fingerprint density at radius 2 is 2.06 bits per heavy atom. The Morgan fingerprint density at radius 3 is 2.81 bits per heavy atom. The van der Waals surface area contributed by atoms with E-state index in [4.69, 9.17) is 9.84 Å². The van der Waals surface area contributed by atoms with Crippen molar-refractivity contribution < 1.29 is 19.7 Å². The summed E-state index contributed by atoms with van der Waals surface area (Å²) in [6, 6.07) is 11.5. The third kappa shape index (κ3) is 3.17. The van der Waals surface area contributed by atoms with Crippen molar-refractivity contribution >= 4 is 28.0 Å². The van der Waals surface area contributed by atoms with Crippen LogP contribution in [0.15, 0.2) is 48.1 Å². The largest absolute Gasteiger partial charge is 0.491 e. The number of carbonyl (C=O) groups excluding carboxylic acids is 1. The van der Waals surface area contributed by atoms with Gasteiger partial charge >= 0.3 is 0 Å². The zero-order chi connectivity index (χ0) is 21.8. The standard InChI is InChI=1S/C24H22N2O4S/c1-24(2)18-8-15(30-11-14(28)10-27)4-6-16(18)22(29)21-17-5-3-13(20-9-25-12-31-20)7-19(17)26-23(21)24/h3-9,12,14,26-28H,10-11H2,1-2H3/t14-/m0/s1. The van der Waals surface area contributed by atoms with Gasteiger partial charge < -0.3 is 19.9 Å². The number of aliphatic hydroxyl groups is 2. The van der Waals surface area contributed by atoms with E-state index in [-0.39, 0.29) is 19.0 Å². The Morgan fingerprint density at radius 1 is 1.23 bits per heavy atom. The van der Waals surface area contributed by atoms with E-state index in [1.165, 1.54) is 0 Å². The van der Waals surface area contributed by atoms with Crippen molar-refractivity contribution in [1.82, 2.24) is 9.97 Å². The minimum Gasteiger partial charge on any atom is -0.491 e. The van der Waals surface area contributed by atoms with E-state index in [0.717, 1.165) is 32.6 Å². The molecule has 0 bridgehead atoms. The van der Waals surface area contributed by atoms with Gasteiger partial charge in [0.25, 0.3) is 0 Å². The number of carbonyl (C=O) groups is 1. The number of thiazole rings is 1. The fraction of sp³-hybridized carbons (Fsp3) is 0.250. The van der Waals surface area contributed by atoms with Gasteiger partial charge in [-0.25, -0.2) is 0 Å². The number of ether oxygens (including phenoxy) is 1. The van der Waals surface area contributed by atoms with Crippen LogP contribution in [0.25, 0.3) is 21.3 Å². The maximum atomic E-state index is 13.5. The lowest BCUT2D eigenvalue weighted by Crippen LogP contribution is -2.30. The Bertz CT molecular complexity index is 1290. The summed E-state index contributed by atoms with van der Waals surface area (Å²) < 4.78 is 5.62. The Kier molecular flexibility index (Phi) is 4.69. The highest BCUT2D eigenvalue weighted by atomic mass is 32.1. The molecule has 2 aromatic heterocycles. The number of hydrogen-bond donors (Lipinski definition) is 3. The van der Waals surface area contributed by atoms with Crippen LogP contribution in [0.5, 0.6) is 5.75 Å². The fourth-order valence-electron chi connectivity index (χ4n) is 4.26. The second kappa shape index (κ2) is 7.30. The average molecular weight is 435 g/mol. The number of aromatic amines is 1. The first-order chi connectivity index (χ1) is 14.9. The monoisotopic (exact) mass is 434 g/mol. The molecule has 0 amide bonds. The third-order valence-corrected chi connectivity index (χ3v) is 6.75. The zero-order valence-electron chi connectivity index (χ0n) is 17.2. The van der Waals surface area contributed by atoms with Gasteiger partial charge in [-0.1, -0.05) is 26.0 Å². The molecule has 158 valence electrons. The number of fused-ring (bicyclic) bond motifs is 4. The van der Waals surface area contributed by atoms with Crippen LogP contribution < -0.4 is 4.74 Å². The van der Waals surface area contributed by atoms with Crippen molar-refractivity contribution in [2.75, 3.05) is 13.2 Å². The molecule has 1 aliphatic carbocycles. The molecular formula is C24H22N2O4S. The van der Waals surface area contributed by atoms with Crippen LogP contribution in [-0.4, -0.2) is 45.3 Å². The molecule has 0 unspecified atom stereocenters. The topological polar surface area (TPSA) is 95.4 Å². The number of nitrogens with one attached hydrogen (secondary N) is 1. The van der Waals surface area contributed by atoms with Gasteiger partial charge in [0.15, 0.2) is 5.78 Å². The summed E-state index contributed by atoms with van der Waals surface area (Å²) in [6.45, 7) is 3.80. The van der Waals surface area contributed by atoms with E-state index in [1.54, 1.807) is 23.5 Å². The number of benzene rings is 2. The molecule has 1 aliphatic rings. The summed E-state index contributed by atoms with van der Waals surface area (Å²) in [4.78, 5) is 22.2. The molecular weight excluding hydrogens is 412 g/mol. The number of aromatic nitrogens is 2. The highest BCUT2D eigenvalue weighted by Crippen LogP contribution is 2.45. The first-order valence-electron chi connectivity index (χ1n) is 10.1. The van der Waals surface area contributed by atoms with Gasteiger partial charge in [-0.15, -0.1) is 11.3 Å². The van der Waals surface area contributed by atoms with Gasteiger partial charge in [-0.2, -0.15) is 0 Å². The molecule has 1 atom stereocenters. The van der Waals surface area contributed by atoms with Crippen molar-refractivity contribution in [3.8, 4) is 16.2 Å². The Hall–Kier alpha value is -3.00. The predicted molar refractivity (Wildman–Crippen MR) is 120 cm³/mol. The van der Waals surface area contributed by atoms with Crippen LogP contribution >= 0.6 is 11.3 Å². The van der Waals surface area contributed by atoms with Crippen LogP contribution in [0.3, 0.4) is 0 Å². The molecule has 0 aliphatic heterocycles. The predicted octanol–water partition coefficient (Wildman–Crippen LogP) is 3.89. The summed E-state index contributed by atoms with van der Waals surface area (Å²) in [7, 11) is 0. The fourth-order valence-corrected chi connectivity index (χ4v) is 4.88. The van der Waals surface area contributed by atoms with Crippen LogP contribution in [0.4, 0.5) is 0 Å². The van der Waals surface area contributed by atoms with Gasteiger partial charge in [0, 0.05) is 33.8 Å². The maximum Gasteiger partial charge on any atom is 0.195 e. The van der Waals surface area contributed by atoms with E-state index in [9.17, 15) is 9.90 Å². The minimum atomic E-state index is -0.946. The van der Waals surface area contributed by atoms with E-state index in [0.29, 0.717) is 16.9 Å². The second-order valence-electron chi connectivity index (χ2n) is 8.31. The first kappa shape index (κ1) is 19.9. The second-order valence-corrected chi connectivity index (χ2v) is 9.20. The molecule has 0 fully saturated rings. The van der Waals surface area contributed by atoms with Gasteiger partial charge in [0.1, 0.15) is 18.5 Å².